The van der Waals surface area contributed by atoms with Crippen LogP contribution < -0.4 is 5.73 Å². The number of rotatable bonds is 2. The monoisotopic (exact) mass is 245 g/mol. The molecular formula is C10H10F3N3O. The summed E-state index contributed by atoms with van der Waals surface area (Å²) in [5.41, 5.74) is 5.49. The minimum Gasteiger partial charge on any atom is -0.394 e. The Hall–Kier alpha value is -1.60. The summed E-state index contributed by atoms with van der Waals surface area (Å²) in [7, 11) is 0. The summed E-state index contributed by atoms with van der Waals surface area (Å²) in [6.45, 7) is -0.357. The van der Waals surface area contributed by atoms with Crippen LogP contribution in [0.1, 0.15) is 17.3 Å². The third kappa shape index (κ3) is 2.11. The number of aliphatic hydroxyl groups excluding tert-OH is 1. The van der Waals surface area contributed by atoms with Crippen molar-refractivity contribution in [2.24, 2.45) is 5.73 Å². The molecule has 0 amide bonds. The molecule has 2 aromatic heterocycles. The van der Waals surface area contributed by atoms with Crippen LogP contribution in [-0.2, 0) is 6.18 Å². The highest BCUT2D eigenvalue weighted by atomic mass is 19.4. The molecule has 4 nitrogen and oxygen atoms in total. The maximum atomic E-state index is 12.5. The Kier molecular flexibility index (Phi) is 2.80. The van der Waals surface area contributed by atoms with Crippen molar-refractivity contribution in [2.75, 3.05) is 6.61 Å². The van der Waals surface area contributed by atoms with Crippen LogP contribution >= 0.6 is 0 Å². The average Bonchev–Trinajstić information content (AvgIpc) is 2.69. The van der Waals surface area contributed by atoms with Gasteiger partial charge in [-0.25, -0.2) is 4.98 Å². The molecule has 0 bridgehead atoms. The molecule has 2 rings (SSSR count). The zero-order valence-corrected chi connectivity index (χ0v) is 8.65. The van der Waals surface area contributed by atoms with Crippen LogP contribution in [0, 0.1) is 0 Å². The second-order valence-corrected chi connectivity index (χ2v) is 3.62. The summed E-state index contributed by atoms with van der Waals surface area (Å²) < 4.78 is 38.8. The number of hydrogen-bond donors (Lipinski definition) is 2. The highest BCUT2D eigenvalue weighted by Gasteiger charge is 2.31. The number of hydrogen-bond acceptors (Lipinski definition) is 3. The highest BCUT2D eigenvalue weighted by Crippen LogP contribution is 2.29. The zero-order chi connectivity index (χ0) is 12.6. The Morgan fingerprint density at radius 2 is 2.12 bits per heavy atom. The van der Waals surface area contributed by atoms with Crippen LogP contribution in [0.15, 0.2) is 24.5 Å². The molecular weight excluding hydrogens is 235 g/mol. The van der Waals surface area contributed by atoms with Gasteiger partial charge in [-0.05, 0) is 12.1 Å². The van der Waals surface area contributed by atoms with Gasteiger partial charge in [-0.2, -0.15) is 13.2 Å². The van der Waals surface area contributed by atoms with E-state index in [1.165, 1.54) is 16.7 Å². The molecule has 2 aromatic rings. The second kappa shape index (κ2) is 4.01. The van der Waals surface area contributed by atoms with Crippen LogP contribution in [0.3, 0.4) is 0 Å². The van der Waals surface area contributed by atoms with Gasteiger partial charge in [0.15, 0.2) is 0 Å². The van der Waals surface area contributed by atoms with Crippen LogP contribution in [0.25, 0.3) is 5.65 Å². The van der Waals surface area contributed by atoms with Crippen molar-refractivity contribution < 1.29 is 18.3 Å². The molecule has 0 aliphatic heterocycles. The Morgan fingerprint density at radius 3 is 2.71 bits per heavy atom. The first-order chi connectivity index (χ1) is 7.93. The molecule has 92 valence electrons. The number of pyridine rings is 1. The number of nitrogens with zero attached hydrogens (tertiary/aromatic N) is 2. The van der Waals surface area contributed by atoms with Gasteiger partial charge in [0.25, 0.3) is 0 Å². The number of alkyl halides is 3. The van der Waals surface area contributed by atoms with E-state index < -0.39 is 17.8 Å². The molecule has 17 heavy (non-hydrogen) atoms. The van der Waals surface area contributed by atoms with E-state index in [1.807, 2.05) is 0 Å². The summed E-state index contributed by atoms with van der Waals surface area (Å²) in [6, 6.07) is 1.46. The highest BCUT2D eigenvalue weighted by molar-refractivity contribution is 5.43. The maximum absolute atomic E-state index is 12.5. The molecule has 0 radical (unpaired) electrons. The lowest BCUT2D eigenvalue weighted by Crippen LogP contribution is -2.17. The van der Waals surface area contributed by atoms with E-state index in [0.717, 1.165) is 12.3 Å². The number of nitrogens with two attached hydrogens (primary N) is 1. The molecule has 0 aliphatic carbocycles. The molecule has 0 aliphatic rings. The van der Waals surface area contributed by atoms with E-state index in [9.17, 15) is 13.2 Å². The van der Waals surface area contributed by atoms with Crippen LogP contribution in [0.2, 0.25) is 0 Å². The third-order valence-corrected chi connectivity index (χ3v) is 2.44. The first kappa shape index (κ1) is 11.9. The summed E-state index contributed by atoms with van der Waals surface area (Å²) >= 11 is 0. The van der Waals surface area contributed by atoms with Crippen LogP contribution in [0.5, 0.6) is 0 Å². The SMILES string of the molecule is NC(CO)c1cnc2ccc(C(F)(F)F)cn12. The van der Waals surface area contributed by atoms with Gasteiger partial charge in [-0.15, -0.1) is 0 Å². The number of aromatic nitrogens is 2. The van der Waals surface area contributed by atoms with Gasteiger partial charge in [0, 0.05) is 6.20 Å². The third-order valence-electron chi connectivity index (χ3n) is 2.44. The van der Waals surface area contributed by atoms with Gasteiger partial charge in [0.1, 0.15) is 5.65 Å². The Labute approximate surface area is 94.5 Å². The van der Waals surface area contributed by atoms with E-state index >= 15 is 0 Å². The molecule has 1 atom stereocenters. The van der Waals surface area contributed by atoms with Crippen molar-refractivity contribution in [1.82, 2.24) is 9.38 Å². The van der Waals surface area contributed by atoms with E-state index in [2.05, 4.69) is 4.98 Å². The fourth-order valence-electron chi connectivity index (χ4n) is 1.53. The first-order valence-corrected chi connectivity index (χ1v) is 4.84. The summed E-state index contributed by atoms with van der Waals surface area (Å²) in [5.74, 6) is 0. The lowest BCUT2D eigenvalue weighted by molar-refractivity contribution is -0.137. The van der Waals surface area contributed by atoms with Crippen molar-refractivity contribution in [3.8, 4) is 0 Å². The Morgan fingerprint density at radius 1 is 1.41 bits per heavy atom. The van der Waals surface area contributed by atoms with Crippen molar-refractivity contribution >= 4 is 5.65 Å². The molecule has 0 saturated heterocycles. The second-order valence-electron chi connectivity index (χ2n) is 3.62. The van der Waals surface area contributed by atoms with Crippen molar-refractivity contribution in [3.63, 3.8) is 0 Å². The smallest absolute Gasteiger partial charge is 0.394 e. The van der Waals surface area contributed by atoms with Gasteiger partial charge in [-0.3, -0.25) is 0 Å². The lowest BCUT2D eigenvalue weighted by atomic mass is 10.2. The molecule has 1 unspecified atom stereocenters. The molecule has 2 heterocycles. The standard InChI is InChI=1S/C10H10F3N3O/c11-10(12,13)6-1-2-9-15-3-8(7(14)5-17)16(9)4-6/h1-4,7,17H,5,14H2. The van der Waals surface area contributed by atoms with E-state index in [4.69, 9.17) is 10.8 Å². The Balaban J connectivity index is 2.58. The predicted octanol–water partition coefficient (Wildman–Crippen LogP) is 1.35. The van der Waals surface area contributed by atoms with Crippen LogP contribution in [-0.4, -0.2) is 21.1 Å². The zero-order valence-electron chi connectivity index (χ0n) is 8.65. The minimum absolute atomic E-state index is 0.341. The normalized spacial score (nSPS) is 14.2. The molecule has 7 heteroatoms. The average molecular weight is 245 g/mol. The molecule has 0 spiro atoms. The van der Waals surface area contributed by atoms with Crippen molar-refractivity contribution in [3.05, 3.63) is 35.8 Å². The maximum Gasteiger partial charge on any atom is 0.417 e. The van der Waals surface area contributed by atoms with Gasteiger partial charge in [-0.1, -0.05) is 0 Å². The molecule has 0 fully saturated rings. The van der Waals surface area contributed by atoms with E-state index in [-0.39, 0.29) is 6.61 Å². The lowest BCUT2D eigenvalue weighted by Gasteiger charge is -2.10. The predicted molar refractivity (Wildman–Crippen MR) is 54.2 cm³/mol. The van der Waals surface area contributed by atoms with Gasteiger partial charge in [0.05, 0.1) is 30.1 Å². The first-order valence-electron chi connectivity index (χ1n) is 4.84. The number of aliphatic hydroxyl groups is 1. The number of fused-ring (bicyclic) bond motifs is 1. The molecule has 0 saturated carbocycles. The van der Waals surface area contributed by atoms with Gasteiger partial charge >= 0.3 is 6.18 Å². The largest absolute Gasteiger partial charge is 0.417 e. The minimum atomic E-state index is -4.42. The molecule has 3 N–H and O–H groups in total. The van der Waals surface area contributed by atoms with Gasteiger partial charge < -0.3 is 15.2 Å². The van der Waals surface area contributed by atoms with Gasteiger partial charge in [0.2, 0.25) is 0 Å². The Bertz CT molecular complexity index is 535. The number of imidazole rings is 1. The van der Waals surface area contributed by atoms with Crippen LogP contribution in [0.4, 0.5) is 13.2 Å². The number of halogens is 3. The summed E-state index contributed by atoms with van der Waals surface area (Å²) in [4.78, 5) is 3.92. The molecule has 0 aromatic carbocycles. The fraction of sp³-hybridized carbons (Fsp3) is 0.300. The summed E-state index contributed by atoms with van der Waals surface area (Å²) in [5, 5.41) is 8.91. The fourth-order valence-corrected chi connectivity index (χ4v) is 1.53. The summed E-state index contributed by atoms with van der Waals surface area (Å²) in [6.07, 6.45) is -2.14. The van der Waals surface area contributed by atoms with Crippen molar-refractivity contribution in [1.29, 1.82) is 0 Å². The van der Waals surface area contributed by atoms with E-state index in [0.29, 0.717) is 11.3 Å². The quantitative estimate of drug-likeness (QED) is 0.839. The van der Waals surface area contributed by atoms with Crippen molar-refractivity contribution in [2.45, 2.75) is 12.2 Å². The van der Waals surface area contributed by atoms with E-state index in [1.54, 1.807) is 0 Å². The topological polar surface area (TPSA) is 63.5 Å².